The van der Waals surface area contributed by atoms with E-state index in [-0.39, 0.29) is 33.5 Å². The van der Waals surface area contributed by atoms with Crippen molar-refractivity contribution >= 4 is 78.7 Å². The fraction of sp³-hybridized carbons (Fsp3) is 0.125. The highest BCUT2D eigenvalue weighted by Gasteiger charge is 2.33. The van der Waals surface area contributed by atoms with E-state index in [1.807, 2.05) is 12.1 Å². The topological polar surface area (TPSA) is 118 Å². The smallest absolute Gasteiger partial charge is 0.257 e. The molecule has 44 heavy (non-hydrogen) atoms. The molecule has 5 rings (SSSR count). The number of sulfone groups is 1. The summed E-state index contributed by atoms with van der Waals surface area (Å²) >= 11 is 18.7. The molecule has 0 radical (unpaired) electrons. The van der Waals surface area contributed by atoms with Gasteiger partial charge >= 0.3 is 0 Å². The van der Waals surface area contributed by atoms with Crippen LogP contribution in [0.3, 0.4) is 0 Å². The van der Waals surface area contributed by atoms with Gasteiger partial charge in [0.05, 0.1) is 42.4 Å². The minimum Gasteiger partial charge on any atom is -0.506 e. The molecule has 0 fully saturated rings. The van der Waals surface area contributed by atoms with Crippen LogP contribution >= 0.6 is 34.8 Å². The number of aromatic hydroxyl groups is 1. The van der Waals surface area contributed by atoms with E-state index in [9.17, 15) is 23.1 Å². The molecule has 4 aromatic carbocycles. The van der Waals surface area contributed by atoms with Crippen LogP contribution in [-0.4, -0.2) is 35.2 Å². The maximum Gasteiger partial charge on any atom is 0.257 e. The minimum atomic E-state index is -4.00. The molecule has 0 aliphatic carbocycles. The molecular weight excluding hydrogens is 645 g/mol. The molecule has 0 saturated heterocycles. The number of anilines is 2. The lowest BCUT2D eigenvalue weighted by atomic mass is 10.1. The second-order valence-corrected chi connectivity index (χ2v) is 13.4. The molecule has 1 atom stereocenters. The third-order valence-electron chi connectivity index (χ3n) is 7.09. The van der Waals surface area contributed by atoms with Crippen LogP contribution in [0.25, 0.3) is 16.6 Å². The molecule has 0 spiro atoms. The third-order valence-corrected chi connectivity index (χ3v) is 10.3. The van der Waals surface area contributed by atoms with E-state index >= 15 is 0 Å². The summed E-state index contributed by atoms with van der Waals surface area (Å²) in [5.41, 5.74) is 2.46. The normalized spacial score (nSPS) is 12.2. The van der Waals surface area contributed by atoms with E-state index in [2.05, 4.69) is 10.6 Å². The van der Waals surface area contributed by atoms with E-state index in [4.69, 9.17) is 34.8 Å². The first-order chi connectivity index (χ1) is 20.9. The number of hydrogen-bond acceptors (Lipinski definition) is 5. The molecule has 1 heterocycles. The number of carbonyl (C=O) groups is 2. The first kappa shape index (κ1) is 31.4. The van der Waals surface area contributed by atoms with Gasteiger partial charge < -0.3 is 20.3 Å². The highest BCUT2D eigenvalue weighted by atomic mass is 35.5. The Morgan fingerprint density at radius 2 is 1.61 bits per heavy atom. The first-order valence-corrected chi connectivity index (χ1v) is 16.1. The number of benzene rings is 4. The van der Waals surface area contributed by atoms with Crippen molar-refractivity contribution in [3.8, 4) is 11.4 Å². The Morgan fingerprint density at radius 1 is 0.864 bits per heavy atom. The van der Waals surface area contributed by atoms with Crippen molar-refractivity contribution in [1.82, 2.24) is 4.57 Å². The number of rotatable bonds is 8. The zero-order valence-electron chi connectivity index (χ0n) is 23.4. The third kappa shape index (κ3) is 6.14. The summed E-state index contributed by atoms with van der Waals surface area (Å²) in [5.74, 6) is -1.72. The highest BCUT2D eigenvalue weighted by Crippen LogP contribution is 2.36. The second kappa shape index (κ2) is 12.5. The summed E-state index contributed by atoms with van der Waals surface area (Å²) in [5, 5.41) is 15.9. The lowest BCUT2D eigenvalue weighted by Gasteiger charge is -2.18. The lowest BCUT2D eigenvalue weighted by Crippen LogP contribution is -2.34. The summed E-state index contributed by atoms with van der Waals surface area (Å²) in [6.45, 7) is 3.35. The molecule has 0 saturated carbocycles. The molecule has 5 aromatic rings. The van der Waals surface area contributed by atoms with E-state index < -0.39 is 26.9 Å². The molecule has 1 aromatic heterocycles. The standard InChI is InChI=1S/C32H26Cl3N3O5S/c1-3-30(44(42,43)20-8-6-7-18(2)13-20)32(41)36-26-16-29(39)27(15-25(26)35)37-31(40)22-17-38(28-10-5-4-9-21(22)28)19-11-12-23(33)24(34)14-19/h4-17,30,39H,3H2,1-2H3,(H,36,41)(H,37,40). The number of fused-ring (bicyclic) bond motifs is 1. The number of nitrogens with one attached hydrogen (secondary N) is 2. The number of phenols is 1. The Balaban J connectivity index is 1.40. The number of aryl methyl sites for hydroxylation is 1. The predicted octanol–water partition coefficient (Wildman–Crippen LogP) is 8.05. The number of para-hydroxylation sites is 1. The molecule has 0 aliphatic heterocycles. The van der Waals surface area contributed by atoms with Crippen LogP contribution in [-0.2, 0) is 14.6 Å². The average molecular weight is 671 g/mol. The van der Waals surface area contributed by atoms with Crippen LogP contribution in [0.15, 0.2) is 90.0 Å². The van der Waals surface area contributed by atoms with Crippen LogP contribution in [0.2, 0.25) is 15.1 Å². The minimum absolute atomic E-state index is 0.00960. The maximum atomic E-state index is 13.5. The number of nitrogens with zero attached hydrogens (tertiary/aromatic N) is 1. The number of phenolic OH excluding ortho intramolecular Hbond substituents is 1. The van der Waals surface area contributed by atoms with Crippen molar-refractivity contribution in [1.29, 1.82) is 0 Å². The van der Waals surface area contributed by atoms with Gasteiger partial charge in [-0.1, -0.05) is 72.1 Å². The molecule has 226 valence electrons. The van der Waals surface area contributed by atoms with Crippen LogP contribution in [0.4, 0.5) is 11.4 Å². The van der Waals surface area contributed by atoms with Gasteiger partial charge in [0.15, 0.2) is 9.84 Å². The number of hydrogen-bond donors (Lipinski definition) is 3. The van der Waals surface area contributed by atoms with Crippen molar-refractivity contribution in [3.63, 3.8) is 0 Å². The Hall–Kier alpha value is -4.02. The van der Waals surface area contributed by atoms with Gasteiger partial charge in [-0.3, -0.25) is 9.59 Å². The highest BCUT2D eigenvalue weighted by molar-refractivity contribution is 7.92. The molecular formula is C32H26Cl3N3O5S. The monoisotopic (exact) mass is 669 g/mol. The van der Waals surface area contributed by atoms with Gasteiger partial charge in [-0.2, -0.15) is 0 Å². The molecule has 3 N–H and O–H groups in total. The van der Waals surface area contributed by atoms with Gasteiger partial charge in [-0.25, -0.2) is 8.42 Å². The van der Waals surface area contributed by atoms with Crippen molar-refractivity contribution in [2.45, 2.75) is 30.4 Å². The van der Waals surface area contributed by atoms with Gasteiger partial charge in [0.2, 0.25) is 5.91 Å². The number of amides is 2. The van der Waals surface area contributed by atoms with Crippen molar-refractivity contribution < 1.29 is 23.1 Å². The molecule has 0 bridgehead atoms. The molecule has 8 nitrogen and oxygen atoms in total. The molecule has 0 aliphatic rings. The number of halogens is 3. The fourth-order valence-corrected chi connectivity index (χ4v) is 7.10. The predicted molar refractivity (Wildman–Crippen MR) is 175 cm³/mol. The van der Waals surface area contributed by atoms with E-state index in [0.717, 1.165) is 17.1 Å². The maximum absolute atomic E-state index is 13.5. The van der Waals surface area contributed by atoms with E-state index in [1.165, 1.54) is 18.2 Å². The Bertz CT molecular complexity index is 2040. The van der Waals surface area contributed by atoms with Gasteiger partial charge in [0.1, 0.15) is 11.0 Å². The van der Waals surface area contributed by atoms with Crippen molar-refractivity contribution in [2.24, 2.45) is 0 Å². The van der Waals surface area contributed by atoms with Crippen LogP contribution < -0.4 is 10.6 Å². The van der Waals surface area contributed by atoms with Gasteiger partial charge in [-0.05, 0) is 61.4 Å². The summed E-state index contributed by atoms with van der Waals surface area (Å²) < 4.78 is 28.2. The quantitative estimate of drug-likeness (QED) is 0.145. The van der Waals surface area contributed by atoms with Crippen molar-refractivity contribution in [3.05, 3.63) is 111 Å². The molecule has 2 amide bonds. The largest absolute Gasteiger partial charge is 0.506 e. The Labute approximate surface area is 269 Å². The van der Waals surface area contributed by atoms with Crippen LogP contribution in [0.5, 0.6) is 5.75 Å². The van der Waals surface area contributed by atoms with Crippen LogP contribution in [0.1, 0.15) is 29.3 Å². The van der Waals surface area contributed by atoms with E-state index in [1.54, 1.807) is 67.1 Å². The second-order valence-electron chi connectivity index (χ2n) is 10.1. The van der Waals surface area contributed by atoms with Gasteiger partial charge in [0.25, 0.3) is 5.91 Å². The number of carbonyl (C=O) groups excluding carboxylic acids is 2. The van der Waals surface area contributed by atoms with E-state index in [0.29, 0.717) is 26.7 Å². The average Bonchev–Trinajstić information content (AvgIpc) is 3.37. The zero-order valence-corrected chi connectivity index (χ0v) is 26.5. The Morgan fingerprint density at radius 3 is 2.32 bits per heavy atom. The summed E-state index contributed by atoms with van der Waals surface area (Å²) in [6.07, 6.45) is 1.65. The molecule has 1 unspecified atom stereocenters. The first-order valence-electron chi connectivity index (χ1n) is 13.4. The number of aromatic nitrogens is 1. The zero-order chi connectivity index (χ0) is 31.8. The summed E-state index contributed by atoms with van der Waals surface area (Å²) in [7, 11) is -4.00. The summed E-state index contributed by atoms with van der Waals surface area (Å²) in [6, 6.07) is 21.1. The van der Waals surface area contributed by atoms with Crippen LogP contribution in [0, 0.1) is 6.92 Å². The Kier molecular flexibility index (Phi) is 8.95. The molecule has 12 heteroatoms. The van der Waals surface area contributed by atoms with Gasteiger partial charge in [-0.15, -0.1) is 0 Å². The lowest BCUT2D eigenvalue weighted by molar-refractivity contribution is -0.115. The summed E-state index contributed by atoms with van der Waals surface area (Å²) in [4.78, 5) is 26.6. The fourth-order valence-electron chi connectivity index (χ4n) is 4.87. The SMILES string of the molecule is CCC(C(=O)Nc1cc(O)c(NC(=O)c2cn(-c3ccc(Cl)c(Cl)c3)c3ccccc23)cc1Cl)S(=O)(=O)c1cccc(C)c1. The van der Waals surface area contributed by atoms with Crippen molar-refractivity contribution in [2.75, 3.05) is 10.6 Å². The van der Waals surface area contributed by atoms with Gasteiger partial charge in [0, 0.05) is 23.3 Å².